The zero-order chi connectivity index (χ0) is 12.7. The largest absolute Gasteiger partial charge is 0.376 e. The Balaban J connectivity index is 2.15. The lowest BCUT2D eigenvalue weighted by atomic mass is 10.1. The number of ether oxygens (including phenoxy) is 1. The van der Waals surface area contributed by atoms with E-state index in [1.807, 2.05) is 0 Å². The van der Waals surface area contributed by atoms with Gasteiger partial charge in [0.2, 0.25) is 0 Å². The van der Waals surface area contributed by atoms with Crippen LogP contribution in [0.25, 0.3) is 0 Å². The van der Waals surface area contributed by atoms with Crippen molar-refractivity contribution in [1.82, 2.24) is 10.2 Å². The Hall–Kier alpha value is -0.120. The Morgan fingerprint density at radius 1 is 1.35 bits per heavy atom. The minimum Gasteiger partial charge on any atom is -0.376 e. The lowest BCUT2D eigenvalue weighted by Crippen LogP contribution is -2.46. The highest BCUT2D eigenvalue weighted by Crippen LogP contribution is 2.14. The van der Waals surface area contributed by atoms with E-state index in [-0.39, 0.29) is 0 Å². The zero-order valence-electron chi connectivity index (χ0n) is 12.0. The molecular weight excluding hydrogens is 212 g/mol. The third kappa shape index (κ3) is 5.84. The third-order valence-corrected chi connectivity index (χ3v) is 3.60. The van der Waals surface area contributed by atoms with Crippen molar-refractivity contribution in [2.75, 3.05) is 26.2 Å². The van der Waals surface area contributed by atoms with E-state index in [1.165, 1.54) is 12.8 Å². The van der Waals surface area contributed by atoms with Gasteiger partial charge in [0.25, 0.3) is 0 Å². The summed E-state index contributed by atoms with van der Waals surface area (Å²) < 4.78 is 5.71. The molecule has 3 nitrogen and oxygen atoms in total. The van der Waals surface area contributed by atoms with Gasteiger partial charge in [-0.15, -0.1) is 0 Å². The smallest absolute Gasteiger partial charge is 0.0700 e. The van der Waals surface area contributed by atoms with Gasteiger partial charge in [0.1, 0.15) is 0 Å². The monoisotopic (exact) mass is 242 g/mol. The van der Waals surface area contributed by atoms with Gasteiger partial charge in [-0.3, -0.25) is 4.90 Å². The Morgan fingerprint density at radius 2 is 2.12 bits per heavy atom. The molecule has 1 heterocycles. The van der Waals surface area contributed by atoms with E-state index in [0.29, 0.717) is 18.2 Å². The maximum Gasteiger partial charge on any atom is 0.0700 e. The van der Waals surface area contributed by atoms with Gasteiger partial charge < -0.3 is 10.1 Å². The summed E-state index contributed by atoms with van der Waals surface area (Å²) in [5, 5.41) is 3.48. The molecule has 0 aromatic rings. The molecule has 1 rings (SSSR count). The summed E-state index contributed by atoms with van der Waals surface area (Å²) in [5.41, 5.74) is 0. The molecule has 0 bridgehead atoms. The predicted octanol–water partition coefficient (Wildman–Crippen LogP) is 2.26. The number of hydrogen-bond donors (Lipinski definition) is 1. The van der Waals surface area contributed by atoms with E-state index in [9.17, 15) is 0 Å². The summed E-state index contributed by atoms with van der Waals surface area (Å²) in [7, 11) is 0. The quantitative estimate of drug-likeness (QED) is 0.693. The van der Waals surface area contributed by atoms with Crippen molar-refractivity contribution in [1.29, 1.82) is 0 Å². The Labute approximate surface area is 107 Å². The fraction of sp³-hybridized carbons (Fsp3) is 1.00. The van der Waals surface area contributed by atoms with Crippen molar-refractivity contribution in [3.63, 3.8) is 0 Å². The minimum absolute atomic E-state index is 0.458. The molecule has 0 aromatic carbocycles. The van der Waals surface area contributed by atoms with Gasteiger partial charge in [-0.05, 0) is 32.7 Å². The molecule has 1 N–H and O–H groups in total. The van der Waals surface area contributed by atoms with Crippen molar-refractivity contribution in [3.05, 3.63) is 0 Å². The molecule has 1 fully saturated rings. The van der Waals surface area contributed by atoms with Crippen LogP contribution in [0.3, 0.4) is 0 Å². The van der Waals surface area contributed by atoms with Gasteiger partial charge in [0, 0.05) is 25.2 Å². The van der Waals surface area contributed by atoms with Crippen LogP contribution in [0.5, 0.6) is 0 Å². The summed E-state index contributed by atoms with van der Waals surface area (Å²) in [6.45, 7) is 13.3. The molecule has 1 saturated heterocycles. The molecule has 0 aromatic heterocycles. The molecular formula is C14H30N2O. The van der Waals surface area contributed by atoms with E-state index in [4.69, 9.17) is 4.74 Å². The van der Waals surface area contributed by atoms with Crippen LogP contribution in [-0.2, 0) is 4.74 Å². The maximum atomic E-state index is 5.71. The van der Waals surface area contributed by atoms with Crippen LogP contribution < -0.4 is 5.32 Å². The molecule has 2 unspecified atom stereocenters. The third-order valence-electron chi connectivity index (χ3n) is 3.60. The molecule has 1 aliphatic heterocycles. The summed E-state index contributed by atoms with van der Waals surface area (Å²) in [6, 6.07) is 1.31. The van der Waals surface area contributed by atoms with Crippen LogP contribution in [0.15, 0.2) is 0 Å². The first-order valence-corrected chi connectivity index (χ1v) is 7.22. The second-order valence-corrected chi connectivity index (χ2v) is 5.50. The number of morpholine rings is 1. The molecule has 0 amide bonds. The van der Waals surface area contributed by atoms with Crippen molar-refractivity contribution in [2.24, 2.45) is 0 Å². The standard InChI is InChI=1S/C14H30N2O/c1-5-14-11-16(9-10-17-14)13(4)7-6-8-15-12(2)3/h12-15H,5-11H2,1-4H3. The van der Waals surface area contributed by atoms with Gasteiger partial charge in [-0.1, -0.05) is 20.8 Å². The Morgan fingerprint density at radius 3 is 2.76 bits per heavy atom. The van der Waals surface area contributed by atoms with Gasteiger partial charge in [0.15, 0.2) is 0 Å². The molecule has 17 heavy (non-hydrogen) atoms. The van der Waals surface area contributed by atoms with Crippen LogP contribution in [0.4, 0.5) is 0 Å². The first-order valence-electron chi connectivity index (χ1n) is 7.22. The molecule has 1 aliphatic rings. The van der Waals surface area contributed by atoms with Gasteiger partial charge in [-0.25, -0.2) is 0 Å². The van der Waals surface area contributed by atoms with Crippen LogP contribution in [0.1, 0.15) is 47.0 Å². The highest BCUT2D eigenvalue weighted by molar-refractivity contribution is 4.75. The van der Waals surface area contributed by atoms with Crippen molar-refractivity contribution in [2.45, 2.75) is 65.1 Å². The van der Waals surface area contributed by atoms with E-state index in [1.54, 1.807) is 0 Å². The van der Waals surface area contributed by atoms with Crippen LogP contribution >= 0.6 is 0 Å². The molecule has 102 valence electrons. The van der Waals surface area contributed by atoms with Crippen molar-refractivity contribution < 1.29 is 4.74 Å². The van der Waals surface area contributed by atoms with Gasteiger partial charge >= 0.3 is 0 Å². The van der Waals surface area contributed by atoms with E-state index >= 15 is 0 Å². The van der Waals surface area contributed by atoms with Crippen LogP contribution in [0.2, 0.25) is 0 Å². The average Bonchev–Trinajstić information content (AvgIpc) is 2.34. The normalized spacial score (nSPS) is 24.2. The predicted molar refractivity (Wildman–Crippen MR) is 73.4 cm³/mol. The van der Waals surface area contributed by atoms with E-state index < -0.39 is 0 Å². The highest BCUT2D eigenvalue weighted by Gasteiger charge is 2.22. The van der Waals surface area contributed by atoms with E-state index in [2.05, 4.69) is 37.9 Å². The molecule has 0 spiro atoms. The Kier molecular flexibility index (Phi) is 7.09. The Bertz CT molecular complexity index is 197. The van der Waals surface area contributed by atoms with E-state index in [0.717, 1.165) is 32.7 Å². The lowest BCUT2D eigenvalue weighted by Gasteiger charge is -2.36. The van der Waals surface area contributed by atoms with Crippen molar-refractivity contribution >= 4 is 0 Å². The summed E-state index contributed by atoms with van der Waals surface area (Å²) >= 11 is 0. The molecule has 0 saturated carbocycles. The first kappa shape index (κ1) is 14.9. The first-order chi connectivity index (χ1) is 8.13. The number of nitrogens with one attached hydrogen (secondary N) is 1. The second kappa shape index (κ2) is 8.06. The highest BCUT2D eigenvalue weighted by atomic mass is 16.5. The number of rotatable bonds is 7. The topological polar surface area (TPSA) is 24.5 Å². The average molecular weight is 242 g/mol. The maximum absolute atomic E-state index is 5.71. The van der Waals surface area contributed by atoms with Crippen molar-refractivity contribution in [3.8, 4) is 0 Å². The van der Waals surface area contributed by atoms with Crippen LogP contribution in [0, 0.1) is 0 Å². The van der Waals surface area contributed by atoms with Gasteiger partial charge in [0.05, 0.1) is 12.7 Å². The lowest BCUT2D eigenvalue weighted by molar-refractivity contribution is -0.0431. The second-order valence-electron chi connectivity index (χ2n) is 5.50. The van der Waals surface area contributed by atoms with Crippen LogP contribution in [-0.4, -0.2) is 49.3 Å². The summed E-state index contributed by atoms with van der Waals surface area (Å²) in [4.78, 5) is 2.59. The summed E-state index contributed by atoms with van der Waals surface area (Å²) in [5.74, 6) is 0. The molecule has 2 atom stereocenters. The molecule has 0 radical (unpaired) electrons. The molecule has 0 aliphatic carbocycles. The fourth-order valence-corrected chi connectivity index (χ4v) is 2.36. The SMILES string of the molecule is CCC1CN(C(C)CCCNC(C)C)CCO1. The number of nitrogens with zero attached hydrogens (tertiary/aromatic N) is 1. The number of hydrogen-bond acceptors (Lipinski definition) is 3. The van der Waals surface area contributed by atoms with Gasteiger partial charge in [-0.2, -0.15) is 0 Å². The summed E-state index contributed by atoms with van der Waals surface area (Å²) in [6.07, 6.45) is 4.15. The minimum atomic E-state index is 0.458. The zero-order valence-corrected chi connectivity index (χ0v) is 12.0. The fourth-order valence-electron chi connectivity index (χ4n) is 2.36. The molecule has 3 heteroatoms.